The lowest BCUT2D eigenvalue weighted by Gasteiger charge is -2.11. The number of nitrogens with one attached hydrogen (secondary N) is 2. The molecule has 0 atom stereocenters. The van der Waals surface area contributed by atoms with Gasteiger partial charge in [-0.2, -0.15) is 11.3 Å². The minimum atomic E-state index is -0.506. The molecule has 6 nitrogen and oxygen atoms in total. The van der Waals surface area contributed by atoms with E-state index in [1.807, 2.05) is 35.0 Å². The van der Waals surface area contributed by atoms with Gasteiger partial charge in [0.05, 0.1) is 11.3 Å². The molecule has 29 heavy (non-hydrogen) atoms. The van der Waals surface area contributed by atoms with Crippen LogP contribution in [0, 0.1) is 0 Å². The average Bonchev–Trinajstić information content (AvgIpc) is 3.25. The SMILES string of the molecule is O=C(COC(=O)CCc1ccsc1)Nc1ccccc1C(=O)Nc1ccccc1. The van der Waals surface area contributed by atoms with Crippen molar-refractivity contribution in [3.63, 3.8) is 0 Å². The number of para-hydroxylation sites is 2. The van der Waals surface area contributed by atoms with Crippen LogP contribution in [-0.4, -0.2) is 24.4 Å². The minimum Gasteiger partial charge on any atom is -0.456 e. The predicted octanol–water partition coefficient (Wildman–Crippen LogP) is 4.11. The van der Waals surface area contributed by atoms with E-state index in [4.69, 9.17) is 4.74 Å². The summed E-state index contributed by atoms with van der Waals surface area (Å²) in [5.74, 6) is -1.30. The third kappa shape index (κ3) is 6.29. The molecular weight excluding hydrogens is 388 g/mol. The third-order valence-corrected chi connectivity index (χ3v) is 4.77. The Labute approximate surface area is 172 Å². The maximum Gasteiger partial charge on any atom is 0.306 e. The molecule has 0 saturated heterocycles. The van der Waals surface area contributed by atoms with E-state index < -0.39 is 18.5 Å². The number of amides is 2. The van der Waals surface area contributed by atoms with Gasteiger partial charge in [0.2, 0.25) is 0 Å². The first kappa shape index (κ1) is 20.3. The summed E-state index contributed by atoms with van der Waals surface area (Å²) in [6.45, 7) is -0.406. The summed E-state index contributed by atoms with van der Waals surface area (Å²) in [4.78, 5) is 36.5. The standard InChI is InChI=1S/C22H20N2O4S/c25-20(14-28-21(26)11-10-16-12-13-29-15-16)24-19-9-5-4-8-18(19)22(27)23-17-6-2-1-3-7-17/h1-9,12-13,15H,10-11,14H2,(H,23,27)(H,24,25). The van der Waals surface area contributed by atoms with E-state index in [1.54, 1.807) is 47.7 Å². The second-order valence-corrected chi connectivity index (χ2v) is 6.99. The lowest BCUT2D eigenvalue weighted by Crippen LogP contribution is -2.23. The molecule has 0 unspecified atom stereocenters. The Hall–Kier alpha value is -3.45. The molecule has 3 rings (SSSR count). The van der Waals surface area contributed by atoms with Gasteiger partial charge in [0, 0.05) is 12.1 Å². The fourth-order valence-corrected chi connectivity index (χ4v) is 3.30. The van der Waals surface area contributed by atoms with E-state index in [-0.39, 0.29) is 12.3 Å². The Bertz CT molecular complexity index is 971. The van der Waals surface area contributed by atoms with E-state index in [0.717, 1.165) is 5.56 Å². The molecule has 1 heterocycles. The Morgan fingerprint density at radius 2 is 1.66 bits per heavy atom. The molecule has 148 valence electrons. The molecule has 2 aromatic carbocycles. The summed E-state index contributed by atoms with van der Waals surface area (Å²) in [5.41, 5.74) is 2.38. The van der Waals surface area contributed by atoms with Crippen molar-refractivity contribution < 1.29 is 19.1 Å². The van der Waals surface area contributed by atoms with Crippen LogP contribution in [0.3, 0.4) is 0 Å². The van der Waals surface area contributed by atoms with Gasteiger partial charge in [-0.25, -0.2) is 0 Å². The highest BCUT2D eigenvalue weighted by Gasteiger charge is 2.14. The van der Waals surface area contributed by atoms with Crippen LogP contribution in [0.25, 0.3) is 0 Å². The van der Waals surface area contributed by atoms with Gasteiger partial charge in [0.25, 0.3) is 11.8 Å². The first-order valence-corrected chi connectivity index (χ1v) is 9.98. The fourth-order valence-electron chi connectivity index (χ4n) is 2.60. The van der Waals surface area contributed by atoms with Gasteiger partial charge in [-0.05, 0) is 53.1 Å². The first-order valence-electron chi connectivity index (χ1n) is 9.04. The van der Waals surface area contributed by atoms with Crippen molar-refractivity contribution in [1.29, 1.82) is 0 Å². The van der Waals surface area contributed by atoms with Crippen LogP contribution in [0.5, 0.6) is 0 Å². The molecule has 0 aliphatic rings. The maximum atomic E-state index is 12.5. The first-order chi connectivity index (χ1) is 14.1. The average molecular weight is 408 g/mol. The predicted molar refractivity (Wildman–Crippen MR) is 113 cm³/mol. The molecule has 2 N–H and O–H groups in total. The number of anilines is 2. The zero-order valence-electron chi connectivity index (χ0n) is 15.6. The van der Waals surface area contributed by atoms with E-state index in [9.17, 15) is 14.4 Å². The fraction of sp³-hybridized carbons (Fsp3) is 0.136. The van der Waals surface area contributed by atoms with Crippen LogP contribution < -0.4 is 10.6 Å². The van der Waals surface area contributed by atoms with Crippen molar-refractivity contribution in [3.05, 3.63) is 82.6 Å². The maximum absolute atomic E-state index is 12.5. The smallest absolute Gasteiger partial charge is 0.306 e. The van der Waals surface area contributed by atoms with Gasteiger partial charge >= 0.3 is 5.97 Å². The van der Waals surface area contributed by atoms with Crippen molar-refractivity contribution in [3.8, 4) is 0 Å². The second kappa shape index (κ2) is 10.2. The van der Waals surface area contributed by atoms with E-state index >= 15 is 0 Å². The molecule has 0 fully saturated rings. The molecule has 0 spiro atoms. The quantitative estimate of drug-likeness (QED) is 0.549. The molecular formula is C22H20N2O4S. The van der Waals surface area contributed by atoms with Crippen molar-refractivity contribution in [2.45, 2.75) is 12.8 Å². The third-order valence-electron chi connectivity index (χ3n) is 4.04. The molecule has 1 aromatic heterocycles. The normalized spacial score (nSPS) is 10.2. The van der Waals surface area contributed by atoms with Gasteiger partial charge in [-0.15, -0.1) is 0 Å². The number of ether oxygens (including phenoxy) is 1. The largest absolute Gasteiger partial charge is 0.456 e. The zero-order chi connectivity index (χ0) is 20.5. The Morgan fingerprint density at radius 3 is 2.41 bits per heavy atom. The van der Waals surface area contributed by atoms with Crippen molar-refractivity contribution in [2.24, 2.45) is 0 Å². The summed E-state index contributed by atoms with van der Waals surface area (Å²) >= 11 is 1.57. The van der Waals surface area contributed by atoms with Gasteiger partial charge in [-0.1, -0.05) is 30.3 Å². The summed E-state index contributed by atoms with van der Waals surface area (Å²) in [5, 5.41) is 9.32. The van der Waals surface area contributed by atoms with E-state index in [1.165, 1.54) is 0 Å². The van der Waals surface area contributed by atoms with Crippen molar-refractivity contribution >= 4 is 40.5 Å². The molecule has 0 radical (unpaired) electrons. The van der Waals surface area contributed by atoms with Crippen LogP contribution in [0.15, 0.2) is 71.4 Å². The van der Waals surface area contributed by atoms with Crippen LogP contribution in [-0.2, 0) is 20.7 Å². The highest BCUT2D eigenvalue weighted by atomic mass is 32.1. The number of hydrogen-bond donors (Lipinski definition) is 2. The highest BCUT2D eigenvalue weighted by Crippen LogP contribution is 2.17. The topological polar surface area (TPSA) is 84.5 Å². The van der Waals surface area contributed by atoms with Crippen molar-refractivity contribution in [1.82, 2.24) is 0 Å². The number of thiophene rings is 1. The number of aryl methyl sites for hydroxylation is 1. The van der Waals surface area contributed by atoms with Gasteiger partial charge in [0.15, 0.2) is 6.61 Å². The molecule has 0 aliphatic heterocycles. The van der Waals surface area contributed by atoms with E-state index in [2.05, 4.69) is 10.6 Å². The second-order valence-electron chi connectivity index (χ2n) is 6.21. The summed E-state index contributed by atoms with van der Waals surface area (Å²) in [6.07, 6.45) is 0.784. The number of rotatable bonds is 8. The number of carbonyl (C=O) groups excluding carboxylic acids is 3. The molecule has 7 heteroatoms. The lowest BCUT2D eigenvalue weighted by atomic mass is 10.1. The number of hydrogen-bond acceptors (Lipinski definition) is 5. The molecule has 0 bridgehead atoms. The van der Waals surface area contributed by atoms with E-state index in [0.29, 0.717) is 23.4 Å². The number of esters is 1. The van der Waals surface area contributed by atoms with Crippen LogP contribution >= 0.6 is 11.3 Å². The lowest BCUT2D eigenvalue weighted by molar-refractivity contribution is -0.147. The molecule has 2 amide bonds. The van der Waals surface area contributed by atoms with Gasteiger partial charge < -0.3 is 15.4 Å². The Morgan fingerprint density at radius 1 is 0.897 bits per heavy atom. The number of carbonyl (C=O) groups is 3. The van der Waals surface area contributed by atoms with Crippen LogP contribution in [0.2, 0.25) is 0 Å². The summed E-state index contributed by atoms with van der Waals surface area (Å²) in [6, 6.07) is 17.6. The summed E-state index contributed by atoms with van der Waals surface area (Å²) in [7, 11) is 0. The zero-order valence-corrected chi connectivity index (χ0v) is 16.4. The van der Waals surface area contributed by atoms with Crippen LogP contribution in [0.1, 0.15) is 22.3 Å². The minimum absolute atomic E-state index is 0.208. The monoisotopic (exact) mass is 408 g/mol. The summed E-state index contributed by atoms with van der Waals surface area (Å²) < 4.78 is 5.02. The molecule has 3 aromatic rings. The molecule has 0 aliphatic carbocycles. The van der Waals surface area contributed by atoms with Crippen molar-refractivity contribution in [2.75, 3.05) is 17.2 Å². The van der Waals surface area contributed by atoms with Gasteiger partial charge in [0.1, 0.15) is 0 Å². The Balaban J connectivity index is 1.52. The van der Waals surface area contributed by atoms with Crippen LogP contribution in [0.4, 0.5) is 11.4 Å². The Kier molecular flexibility index (Phi) is 7.13. The molecule has 0 saturated carbocycles. The van der Waals surface area contributed by atoms with Gasteiger partial charge in [-0.3, -0.25) is 14.4 Å². The number of benzene rings is 2. The highest BCUT2D eigenvalue weighted by molar-refractivity contribution is 7.07.